The zero-order valence-corrected chi connectivity index (χ0v) is 9.85. The van der Waals surface area contributed by atoms with E-state index in [2.05, 4.69) is 15.6 Å². The first-order valence-corrected chi connectivity index (χ1v) is 5.87. The molecule has 6 nitrogen and oxygen atoms in total. The number of rotatable bonds is 3. The predicted molar refractivity (Wildman–Crippen MR) is 65.4 cm³/mol. The molecule has 0 saturated carbocycles. The normalized spacial score (nSPS) is 19.2. The van der Waals surface area contributed by atoms with Crippen molar-refractivity contribution in [2.24, 2.45) is 5.92 Å². The van der Waals surface area contributed by atoms with E-state index in [0.717, 1.165) is 19.4 Å². The summed E-state index contributed by atoms with van der Waals surface area (Å²) in [6, 6.07) is 1.41. The number of pyridine rings is 1. The van der Waals surface area contributed by atoms with Crippen LogP contribution in [0.4, 0.5) is 5.69 Å². The summed E-state index contributed by atoms with van der Waals surface area (Å²) in [7, 11) is 0. The molecule has 18 heavy (non-hydrogen) atoms. The number of carboxylic acid groups (broad SMARTS) is 1. The third kappa shape index (κ3) is 3.04. The van der Waals surface area contributed by atoms with Gasteiger partial charge < -0.3 is 15.7 Å². The average Bonchev–Trinajstić information content (AvgIpc) is 2.40. The summed E-state index contributed by atoms with van der Waals surface area (Å²) >= 11 is 0. The number of amides is 1. The minimum atomic E-state index is -1.06. The highest BCUT2D eigenvalue weighted by molar-refractivity contribution is 5.94. The molecule has 1 fully saturated rings. The lowest BCUT2D eigenvalue weighted by atomic mass is 9.99. The zero-order chi connectivity index (χ0) is 13.0. The van der Waals surface area contributed by atoms with E-state index in [-0.39, 0.29) is 17.4 Å². The zero-order valence-electron chi connectivity index (χ0n) is 9.85. The molecule has 1 unspecified atom stereocenters. The number of nitrogens with zero attached hydrogens (tertiary/aromatic N) is 1. The summed E-state index contributed by atoms with van der Waals surface area (Å²) in [5.41, 5.74) is 0.486. The summed E-state index contributed by atoms with van der Waals surface area (Å²) in [5.74, 6) is -1.21. The first-order chi connectivity index (χ1) is 8.66. The van der Waals surface area contributed by atoms with Gasteiger partial charge in [0.05, 0.1) is 23.4 Å². The molecule has 0 aromatic carbocycles. The van der Waals surface area contributed by atoms with E-state index in [9.17, 15) is 9.59 Å². The minimum absolute atomic E-state index is 0.0627. The minimum Gasteiger partial charge on any atom is -0.478 e. The second kappa shape index (κ2) is 5.59. The lowest BCUT2D eigenvalue weighted by molar-refractivity contribution is -0.120. The van der Waals surface area contributed by atoms with Gasteiger partial charge in [-0.1, -0.05) is 0 Å². The molecule has 0 bridgehead atoms. The van der Waals surface area contributed by atoms with Gasteiger partial charge in [-0.2, -0.15) is 0 Å². The van der Waals surface area contributed by atoms with Crippen molar-refractivity contribution in [3.05, 3.63) is 24.0 Å². The third-order valence-corrected chi connectivity index (χ3v) is 2.92. The summed E-state index contributed by atoms with van der Waals surface area (Å²) in [5, 5.41) is 14.7. The van der Waals surface area contributed by atoms with Crippen LogP contribution < -0.4 is 10.6 Å². The number of carboxylic acids is 1. The number of aromatic carboxylic acids is 1. The van der Waals surface area contributed by atoms with Crippen LogP contribution in [-0.2, 0) is 4.79 Å². The predicted octanol–water partition coefficient (Wildman–Crippen LogP) is 0.718. The van der Waals surface area contributed by atoms with Gasteiger partial charge in [0.25, 0.3) is 0 Å². The number of carbonyl (C=O) groups excluding carboxylic acids is 1. The Morgan fingerprint density at radius 3 is 2.94 bits per heavy atom. The first-order valence-electron chi connectivity index (χ1n) is 5.87. The fourth-order valence-electron chi connectivity index (χ4n) is 1.95. The molecule has 0 spiro atoms. The Kier molecular flexibility index (Phi) is 3.88. The second-order valence-corrected chi connectivity index (χ2v) is 4.30. The van der Waals surface area contributed by atoms with Gasteiger partial charge in [0.1, 0.15) is 0 Å². The van der Waals surface area contributed by atoms with Crippen molar-refractivity contribution >= 4 is 17.6 Å². The Morgan fingerprint density at radius 1 is 1.44 bits per heavy atom. The van der Waals surface area contributed by atoms with Crippen molar-refractivity contribution in [2.45, 2.75) is 12.8 Å². The van der Waals surface area contributed by atoms with Crippen molar-refractivity contribution in [1.29, 1.82) is 0 Å². The molecule has 6 heteroatoms. The van der Waals surface area contributed by atoms with Gasteiger partial charge in [-0.15, -0.1) is 0 Å². The molecule has 0 radical (unpaired) electrons. The van der Waals surface area contributed by atoms with E-state index in [1.807, 2.05) is 0 Å². The van der Waals surface area contributed by atoms with E-state index < -0.39 is 5.97 Å². The Bertz CT molecular complexity index is 456. The number of aromatic nitrogens is 1. The van der Waals surface area contributed by atoms with Crippen LogP contribution in [0.25, 0.3) is 0 Å². The fraction of sp³-hybridized carbons (Fsp3) is 0.417. The lowest BCUT2D eigenvalue weighted by Gasteiger charge is -2.21. The lowest BCUT2D eigenvalue weighted by Crippen LogP contribution is -2.37. The smallest absolute Gasteiger partial charge is 0.337 e. The van der Waals surface area contributed by atoms with Crippen LogP contribution in [0.2, 0.25) is 0 Å². The summed E-state index contributed by atoms with van der Waals surface area (Å²) in [6.45, 7) is 1.61. The molecule has 96 valence electrons. The monoisotopic (exact) mass is 249 g/mol. The van der Waals surface area contributed by atoms with Gasteiger partial charge in [0, 0.05) is 12.7 Å². The van der Waals surface area contributed by atoms with Crippen molar-refractivity contribution in [3.63, 3.8) is 0 Å². The highest BCUT2D eigenvalue weighted by Gasteiger charge is 2.21. The van der Waals surface area contributed by atoms with E-state index in [1.54, 1.807) is 0 Å². The molecule has 1 atom stereocenters. The fourth-order valence-corrected chi connectivity index (χ4v) is 1.95. The number of anilines is 1. The largest absolute Gasteiger partial charge is 0.478 e. The summed E-state index contributed by atoms with van der Waals surface area (Å²) in [6.07, 6.45) is 4.52. The maximum absolute atomic E-state index is 11.9. The van der Waals surface area contributed by atoms with Crippen LogP contribution >= 0.6 is 0 Å². The molecule has 0 aliphatic carbocycles. The van der Waals surface area contributed by atoms with Crippen LogP contribution in [0, 0.1) is 5.92 Å². The van der Waals surface area contributed by atoms with E-state index in [0.29, 0.717) is 12.2 Å². The molecule has 1 amide bonds. The van der Waals surface area contributed by atoms with Crippen molar-refractivity contribution < 1.29 is 14.7 Å². The quantitative estimate of drug-likeness (QED) is 0.734. The molecule has 1 aromatic heterocycles. The van der Waals surface area contributed by atoms with Gasteiger partial charge in [-0.05, 0) is 25.5 Å². The van der Waals surface area contributed by atoms with Gasteiger partial charge in [-0.25, -0.2) is 4.79 Å². The molecule has 2 rings (SSSR count). The molecular formula is C12H15N3O3. The van der Waals surface area contributed by atoms with Crippen molar-refractivity contribution in [2.75, 3.05) is 18.4 Å². The van der Waals surface area contributed by atoms with Crippen LogP contribution in [0.15, 0.2) is 18.5 Å². The van der Waals surface area contributed by atoms with Gasteiger partial charge >= 0.3 is 5.97 Å². The third-order valence-electron chi connectivity index (χ3n) is 2.92. The molecule has 2 heterocycles. The number of carbonyl (C=O) groups is 2. The summed E-state index contributed by atoms with van der Waals surface area (Å²) in [4.78, 5) is 26.5. The second-order valence-electron chi connectivity index (χ2n) is 4.30. The summed E-state index contributed by atoms with van der Waals surface area (Å²) < 4.78 is 0. The van der Waals surface area contributed by atoms with E-state index >= 15 is 0 Å². The van der Waals surface area contributed by atoms with Crippen LogP contribution in [0.5, 0.6) is 0 Å². The van der Waals surface area contributed by atoms with E-state index in [1.165, 1.54) is 18.5 Å². The van der Waals surface area contributed by atoms with Gasteiger partial charge in [0.2, 0.25) is 5.91 Å². The standard InChI is InChI=1S/C12H15N3O3/c16-11(8-2-1-3-13-5-8)15-10-4-9(12(17)18)6-14-7-10/h4,6-8,13H,1-3,5H2,(H,15,16)(H,17,18). The first kappa shape index (κ1) is 12.5. The van der Waals surface area contributed by atoms with Crippen molar-refractivity contribution in [3.8, 4) is 0 Å². The SMILES string of the molecule is O=C(O)c1cncc(NC(=O)C2CCCNC2)c1. The topological polar surface area (TPSA) is 91.3 Å². The van der Waals surface area contributed by atoms with Crippen LogP contribution in [-0.4, -0.2) is 35.1 Å². The maximum Gasteiger partial charge on any atom is 0.337 e. The Hall–Kier alpha value is -1.95. The number of hydrogen-bond donors (Lipinski definition) is 3. The van der Waals surface area contributed by atoms with Crippen molar-refractivity contribution in [1.82, 2.24) is 10.3 Å². The van der Waals surface area contributed by atoms with Crippen LogP contribution in [0.3, 0.4) is 0 Å². The van der Waals surface area contributed by atoms with Gasteiger partial charge in [0.15, 0.2) is 0 Å². The number of piperidine rings is 1. The van der Waals surface area contributed by atoms with E-state index in [4.69, 9.17) is 5.11 Å². The average molecular weight is 249 g/mol. The van der Waals surface area contributed by atoms with Gasteiger partial charge in [-0.3, -0.25) is 9.78 Å². The Morgan fingerprint density at radius 2 is 2.28 bits per heavy atom. The highest BCUT2D eigenvalue weighted by atomic mass is 16.4. The molecule has 1 aliphatic heterocycles. The molecular weight excluding hydrogens is 234 g/mol. The molecule has 1 aliphatic rings. The molecule has 1 saturated heterocycles. The molecule has 3 N–H and O–H groups in total. The highest BCUT2D eigenvalue weighted by Crippen LogP contribution is 2.14. The number of hydrogen-bond acceptors (Lipinski definition) is 4. The van der Waals surface area contributed by atoms with Crippen LogP contribution in [0.1, 0.15) is 23.2 Å². The Balaban J connectivity index is 2.02. The number of nitrogens with one attached hydrogen (secondary N) is 2. The molecule has 1 aromatic rings. The Labute approximate surface area is 104 Å². The maximum atomic E-state index is 11.9.